The summed E-state index contributed by atoms with van der Waals surface area (Å²) in [5, 5.41) is 14.6. The third-order valence-electron chi connectivity index (χ3n) is 6.58. The summed E-state index contributed by atoms with van der Waals surface area (Å²) < 4.78 is 15.5. The summed E-state index contributed by atoms with van der Waals surface area (Å²) >= 11 is 0. The molecular weight excluding hydrogens is 445 g/mol. The molecule has 0 aromatic carbocycles. The van der Waals surface area contributed by atoms with Crippen molar-refractivity contribution in [2.24, 2.45) is 0 Å². The summed E-state index contributed by atoms with van der Waals surface area (Å²) in [7, 11) is 0. The van der Waals surface area contributed by atoms with Gasteiger partial charge in [0.1, 0.15) is 17.8 Å². The van der Waals surface area contributed by atoms with Gasteiger partial charge in [0, 0.05) is 74.7 Å². The number of unbranched alkanes of at least 4 members (excludes halogenated alkanes) is 1. The van der Waals surface area contributed by atoms with Gasteiger partial charge in [-0.05, 0) is 30.5 Å². The molecule has 5 rings (SSSR count). The van der Waals surface area contributed by atoms with E-state index in [9.17, 15) is 4.39 Å². The van der Waals surface area contributed by atoms with Gasteiger partial charge in [0.05, 0.1) is 30.7 Å². The van der Waals surface area contributed by atoms with Crippen LogP contribution in [0.3, 0.4) is 0 Å². The van der Waals surface area contributed by atoms with Crippen LogP contribution in [0, 0.1) is 17.1 Å². The molecule has 0 bridgehead atoms. The van der Waals surface area contributed by atoms with Crippen LogP contribution in [0.5, 0.6) is 0 Å². The van der Waals surface area contributed by atoms with Crippen LogP contribution in [0.1, 0.15) is 24.8 Å². The van der Waals surface area contributed by atoms with Gasteiger partial charge in [-0.2, -0.15) is 10.4 Å². The SMILES string of the molecule is N#CCCC[C@H](Cn1cc(-c2ncnc3[nH]ccc23)cn1)N1CCN(Cc2cncc(F)c2)CC1. The summed E-state index contributed by atoms with van der Waals surface area (Å²) in [6.45, 7) is 5.10. The Labute approximate surface area is 203 Å². The first-order valence-corrected chi connectivity index (χ1v) is 11.9. The highest BCUT2D eigenvalue weighted by atomic mass is 19.1. The average molecular weight is 474 g/mol. The summed E-state index contributed by atoms with van der Waals surface area (Å²) in [5.74, 6) is -0.295. The van der Waals surface area contributed by atoms with Gasteiger partial charge in [-0.1, -0.05) is 0 Å². The van der Waals surface area contributed by atoms with Gasteiger partial charge in [0.15, 0.2) is 0 Å². The smallest absolute Gasteiger partial charge is 0.141 e. The molecule has 0 amide bonds. The van der Waals surface area contributed by atoms with Gasteiger partial charge in [0.2, 0.25) is 0 Å². The zero-order valence-corrected chi connectivity index (χ0v) is 19.5. The Hall–Kier alpha value is -3.68. The Bertz CT molecular complexity index is 1300. The van der Waals surface area contributed by atoms with Crippen molar-refractivity contribution < 1.29 is 4.39 Å². The highest BCUT2D eigenvalue weighted by molar-refractivity contribution is 5.89. The number of aromatic nitrogens is 6. The van der Waals surface area contributed by atoms with Crippen molar-refractivity contribution in [3.63, 3.8) is 0 Å². The lowest BCUT2D eigenvalue weighted by Gasteiger charge is -2.39. The molecule has 1 aliphatic heterocycles. The predicted octanol–water partition coefficient (Wildman–Crippen LogP) is 3.24. The van der Waals surface area contributed by atoms with Gasteiger partial charge in [-0.25, -0.2) is 14.4 Å². The maximum atomic E-state index is 13.5. The Balaban J connectivity index is 1.24. The number of H-pyrrole nitrogens is 1. The van der Waals surface area contributed by atoms with E-state index < -0.39 is 0 Å². The van der Waals surface area contributed by atoms with E-state index >= 15 is 0 Å². The Kier molecular flexibility index (Phi) is 7.07. The normalized spacial score (nSPS) is 15.9. The van der Waals surface area contributed by atoms with E-state index in [-0.39, 0.29) is 11.9 Å². The van der Waals surface area contributed by atoms with E-state index in [1.165, 1.54) is 6.20 Å². The van der Waals surface area contributed by atoms with Gasteiger partial charge in [-0.3, -0.25) is 19.5 Å². The van der Waals surface area contributed by atoms with E-state index in [4.69, 9.17) is 5.26 Å². The van der Waals surface area contributed by atoms with Crippen molar-refractivity contribution >= 4 is 11.0 Å². The molecule has 0 spiro atoms. The molecule has 9 nitrogen and oxygen atoms in total. The molecule has 4 aromatic heterocycles. The number of nitrogens with zero attached hydrogens (tertiary/aromatic N) is 8. The second-order valence-corrected chi connectivity index (χ2v) is 8.94. The summed E-state index contributed by atoms with van der Waals surface area (Å²) in [6, 6.07) is 6.08. The van der Waals surface area contributed by atoms with Crippen LogP contribution < -0.4 is 0 Å². The molecule has 1 fully saturated rings. The second kappa shape index (κ2) is 10.7. The van der Waals surface area contributed by atoms with Crippen LogP contribution in [0.25, 0.3) is 22.3 Å². The second-order valence-electron chi connectivity index (χ2n) is 8.94. The van der Waals surface area contributed by atoms with Crippen LogP contribution in [-0.4, -0.2) is 71.7 Å². The molecule has 10 heteroatoms. The van der Waals surface area contributed by atoms with Crippen molar-refractivity contribution in [3.05, 3.63) is 60.8 Å². The van der Waals surface area contributed by atoms with Gasteiger partial charge in [-0.15, -0.1) is 0 Å². The Morgan fingerprint density at radius 2 is 2.03 bits per heavy atom. The molecule has 1 N–H and O–H groups in total. The van der Waals surface area contributed by atoms with E-state index in [0.717, 1.165) is 73.4 Å². The molecule has 4 aromatic rings. The van der Waals surface area contributed by atoms with Gasteiger partial charge in [0.25, 0.3) is 0 Å². The molecular formula is C25H28FN9. The highest BCUT2D eigenvalue weighted by Gasteiger charge is 2.24. The zero-order valence-electron chi connectivity index (χ0n) is 19.5. The van der Waals surface area contributed by atoms with Crippen molar-refractivity contribution in [1.82, 2.24) is 39.5 Å². The van der Waals surface area contributed by atoms with Gasteiger partial charge >= 0.3 is 0 Å². The first-order valence-electron chi connectivity index (χ1n) is 11.9. The number of nitriles is 1. The number of nitrogens with one attached hydrogen (secondary N) is 1. The molecule has 5 heterocycles. The zero-order chi connectivity index (χ0) is 24.0. The number of halogens is 1. The lowest BCUT2D eigenvalue weighted by atomic mass is 10.1. The van der Waals surface area contributed by atoms with Crippen LogP contribution in [0.4, 0.5) is 4.39 Å². The Morgan fingerprint density at radius 3 is 2.86 bits per heavy atom. The largest absolute Gasteiger partial charge is 0.346 e. The fourth-order valence-corrected chi connectivity index (χ4v) is 4.80. The minimum absolute atomic E-state index is 0.284. The average Bonchev–Trinajstić information content (AvgIpc) is 3.54. The molecule has 1 atom stereocenters. The van der Waals surface area contributed by atoms with Crippen LogP contribution in [0.2, 0.25) is 0 Å². The first-order chi connectivity index (χ1) is 17.2. The molecule has 0 aliphatic carbocycles. The summed E-state index contributed by atoms with van der Waals surface area (Å²) in [5.41, 5.74) is 3.53. The molecule has 35 heavy (non-hydrogen) atoms. The molecule has 1 saturated heterocycles. The van der Waals surface area contributed by atoms with E-state index in [1.807, 2.05) is 29.3 Å². The number of hydrogen-bond donors (Lipinski definition) is 1. The maximum absolute atomic E-state index is 13.5. The van der Waals surface area contributed by atoms with E-state index in [2.05, 4.69) is 40.9 Å². The topological polar surface area (TPSA) is 103 Å². The quantitative estimate of drug-likeness (QED) is 0.372. The molecule has 0 saturated carbocycles. The lowest BCUT2D eigenvalue weighted by molar-refractivity contribution is 0.0781. The number of aromatic amines is 1. The summed E-state index contributed by atoms with van der Waals surface area (Å²) in [6.07, 6.45) is 12.6. The number of piperazine rings is 1. The molecule has 180 valence electrons. The van der Waals surface area contributed by atoms with Gasteiger partial charge < -0.3 is 4.98 Å². The van der Waals surface area contributed by atoms with Crippen molar-refractivity contribution in [3.8, 4) is 17.3 Å². The monoisotopic (exact) mass is 473 g/mol. The van der Waals surface area contributed by atoms with Crippen molar-refractivity contribution in [2.75, 3.05) is 26.2 Å². The van der Waals surface area contributed by atoms with Crippen molar-refractivity contribution in [2.45, 2.75) is 38.4 Å². The number of fused-ring (bicyclic) bond motifs is 1. The Morgan fingerprint density at radius 1 is 1.14 bits per heavy atom. The molecule has 0 unspecified atom stereocenters. The van der Waals surface area contributed by atoms with Crippen LogP contribution in [0.15, 0.2) is 49.4 Å². The minimum Gasteiger partial charge on any atom is -0.346 e. The van der Waals surface area contributed by atoms with Crippen molar-refractivity contribution in [1.29, 1.82) is 5.26 Å². The van der Waals surface area contributed by atoms with E-state index in [1.54, 1.807) is 18.6 Å². The molecule has 0 radical (unpaired) electrons. The highest BCUT2D eigenvalue weighted by Crippen LogP contribution is 2.24. The van der Waals surface area contributed by atoms with E-state index in [0.29, 0.717) is 13.0 Å². The fourth-order valence-electron chi connectivity index (χ4n) is 4.80. The fraction of sp³-hybridized carbons (Fsp3) is 0.400. The first kappa shape index (κ1) is 23.1. The third kappa shape index (κ3) is 5.53. The molecule has 1 aliphatic rings. The minimum atomic E-state index is -0.295. The number of pyridine rings is 1. The number of hydrogen-bond acceptors (Lipinski definition) is 7. The number of rotatable bonds is 9. The van der Waals surface area contributed by atoms with Crippen LogP contribution >= 0.6 is 0 Å². The predicted molar refractivity (Wildman–Crippen MR) is 129 cm³/mol. The summed E-state index contributed by atoms with van der Waals surface area (Å²) in [4.78, 5) is 20.7. The third-order valence-corrected chi connectivity index (χ3v) is 6.58. The maximum Gasteiger partial charge on any atom is 0.141 e. The van der Waals surface area contributed by atoms with Crippen LogP contribution in [-0.2, 0) is 13.1 Å². The standard InChI is InChI=1S/C25H28FN9/c26-21-11-19(12-28-14-21)15-33-7-9-34(10-8-33)22(3-1-2-5-27)17-35-16-20(13-32-35)24-23-4-6-29-25(23)31-18-30-24/h4,6,11-14,16,18,22H,1-3,7-10,15,17H2,(H,29,30,31)/t22-/m1/s1. The lowest BCUT2D eigenvalue weighted by Crippen LogP contribution is -2.51.